The molecule has 2 heterocycles. The van der Waals surface area contributed by atoms with Gasteiger partial charge in [-0.1, -0.05) is 18.2 Å². The molecule has 0 amide bonds. The number of nitro benzene ring substituents is 1. The molecular weight excluding hydrogens is 403 g/mol. The molecule has 1 aromatic carbocycles. The van der Waals surface area contributed by atoms with Crippen molar-refractivity contribution in [3.05, 3.63) is 62.2 Å². The normalized spacial score (nSPS) is 21.6. The standard InChI is InChI=1S/C18H21N2O8P/c1-11-17(29(25)27-8-5-9-28-29)15(12-6-3-4-7-14(12)20(23)24)16(18(22)26-2)13(10-21)19-11/h3-4,6-7,15,19,21H,5,8-10H2,1-2H3. The van der Waals surface area contributed by atoms with Crippen LogP contribution in [0.1, 0.15) is 24.8 Å². The molecule has 1 saturated heterocycles. The molecule has 0 saturated carbocycles. The van der Waals surface area contributed by atoms with Gasteiger partial charge in [-0.05, 0) is 13.3 Å². The van der Waals surface area contributed by atoms with Crippen molar-refractivity contribution in [2.45, 2.75) is 19.3 Å². The monoisotopic (exact) mass is 424 g/mol. The largest absolute Gasteiger partial charge is 0.466 e. The average Bonchev–Trinajstić information content (AvgIpc) is 2.72. The number of allylic oxidation sites excluding steroid dienone is 2. The summed E-state index contributed by atoms with van der Waals surface area (Å²) in [5.74, 6) is -1.98. The van der Waals surface area contributed by atoms with Crippen LogP contribution in [0.3, 0.4) is 0 Å². The van der Waals surface area contributed by atoms with E-state index < -0.39 is 31.0 Å². The molecule has 0 aliphatic carbocycles. The third kappa shape index (κ3) is 3.84. The van der Waals surface area contributed by atoms with Crippen LogP contribution < -0.4 is 5.32 Å². The summed E-state index contributed by atoms with van der Waals surface area (Å²) in [7, 11) is -2.72. The summed E-state index contributed by atoms with van der Waals surface area (Å²) >= 11 is 0. The first kappa shape index (κ1) is 21.2. The number of nitrogens with one attached hydrogen (secondary N) is 1. The van der Waals surface area contributed by atoms with E-state index in [9.17, 15) is 24.6 Å². The molecule has 1 atom stereocenters. The van der Waals surface area contributed by atoms with E-state index in [1.54, 1.807) is 13.0 Å². The van der Waals surface area contributed by atoms with Gasteiger partial charge in [0.2, 0.25) is 0 Å². The lowest BCUT2D eigenvalue weighted by molar-refractivity contribution is -0.385. The van der Waals surface area contributed by atoms with Gasteiger partial charge in [0.25, 0.3) is 5.69 Å². The van der Waals surface area contributed by atoms with Crippen LogP contribution in [0.4, 0.5) is 5.69 Å². The zero-order valence-electron chi connectivity index (χ0n) is 15.9. The molecule has 0 spiro atoms. The molecule has 29 heavy (non-hydrogen) atoms. The second-order valence-corrected chi connectivity index (χ2v) is 8.44. The molecule has 2 aliphatic rings. The number of esters is 1. The lowest BCUT2D eigenvalue weighted by Gasteiger charge is -2.35. The number of aliphatic hydroxyl groups excluding tert-OH is 1. The third-order valence-electron chi connectivity index (χ3n) is 4.72. The molecule has 1 fully saturated rings. The number of aliphatic hydroxyl groups is 1. The molecule has 0 radical (unpaired) electrons. The smallest absolute Gasteiger partial charge is 0.360 e. The molecule has 1 unspecified atom stereocenters. The summed E-state index contributed by atoms with van der Waals surface area (Å²) in [5, 5.41) is 24.4. The number of para-hydroxylation sites is 1. The quantitative estimate of drug-likeness (QED) is 0.316. The van der Waals surface area contributed by atoms with E-state index in [0.29, 0.717) is 12.1 Å². The number of hydrogen-bond acceptors (Lipinski definition) is 9. The van der Waals surface area contributed by atoms with Gasteiger partial charge in [0.05, 0.1) is 54.4 Å². The maximum absolute atomic E-state index is 13.6. The molecule has 11 heteroatoms. The Hall–Kier alpha value is -2.52. The highest BCUT2D eigenvalue weighted by Crippen LogP contribution is 2.65. The number of carbonyl (C=O) groups excluding carboxylic acids is 1. The van der Waals surface area contributed by atoms with E-state index >= 15 is 0 Å². The zero-order valence-corrected chi connectivity index (χ0v) is 16.8. The van der Waals surface area contributed by atoms with Crippen molar-refractivity contribution in [1.82, 2.24) is 5.32 Å². The maximum atomic E-state index is 13.6. The fourth-order valence-electron chi connectivity index (χ4n) is 3.53. The lowest BCUT2D eigenvalue weighted by Crippen LogP contribution is -2.32. The Balaban J connectivity index is 2.31. The molecule has 156 valence electrons. The average molecular weight is 424 g/mol. The summed E-state index contributed by atoms with van der Waals surface area (Å²) in [5.41, 5.74) is 0.192. The molecule has 0 bridgehead atoms. The van der Waals surface area contributed by atoms with Gasteiger partial charge in [0.1, 0.15) is 0 Å². The Labute approximate surface area is 166 Å². The summed E-state index contributed by atoms with van der Waals surface area (Å²) < 4.78 is 29.4. The Morgan fingerprint density at radius 3 is 2.62 bits per heavy atom. The minimum Gasteiger partial charge on any atom is -0.466 e. The van der Waals surface area contributed by atoms with Gasteiger partial charge in [-0.15, -0.1) is 0 Å². The third-order valence-corrected chi connectivity index (χ3v) is 6.95. The number of dihydropyridines is 1. The van der Waals surface area contributed by atoms with Crippen molar-refractivity contribution in [3.8, 4) is 0 Å². The van der Waals surface area contributed by atoms with Crippen molar-refractivity contribution < 1.29 is 33.2 Å². The number of rotatable bonds is 5. The van der Waals surface area contributed by atoms with Crippen molar-refractivity contribution >= 4 is 19.3 Å². The maximum Gasteiger partial charge on any atom is 0.360 e. The van der Waals surface area contributed by atoms with E-state index in [-0.39, 0.29) is 41.0 Å². The fourth-order valence-corrected chi connectivity index (χ4v) is 5.67. The highest BCUT2D eigenvalue weighted by atomic mass is 31.2. The first-order valence-corrected chi connectivity index (χ1v) is 10.4. The molecule has 1 aromatic rings. The van der Waals surface area contributed by atoms with Gasteiger partial charge < -0.3 is 24.2 Å². The van der Waals surface area contributed by atoms with Crippen LogP contribution in [-0.2, 0) is 23.1 Å². The molecule has 2 aliphatic heterocycles. The second kappa shape index (κ2) is 8.46. The number of methoxy groups -OCH3 is 1. The van der Waals surface area contributed by atoms with Crippen LogP contribution in [0, 0.1) is 10.1 Å². The summed E-state index contributed by atoms with van der Waals surface area (Å²) in [4.78, 5) is 23.7. The first-order valence-electron chi connectivity index (χ1n) is 8.87. The van der Waals surface area contributed by atoms with E-state index in [1.807, 2.05) is 0 Å². The van der Waals surface area contributed by atoms with Gasteiger partial charge in [-0.25, -0.2) is 4.79 Å². The van der Waals surface area contributed by atoms with Crippen molar-refractivity contribution in [2.75, 3.05) is 26.9 Å². The van der Waals surface area contributed by atoms with Crippen LogP contribution in [0.5, 0.6) is 0 Å². The highest BCUT2D eigenvalue weighted by Gasteiger charge is 2.47. The van der Waals surface area contributed by atoms with Crippen LogP contribution in [0.15, 0.2) is 46.5 Å². The van der Waals surface area contributed by atoms with E-state index in [4.69, 9.17) is 13.8 Å². The second-order valence-electron chi connectivity index (χ2n) is 6.44. The number of nitro groups is 1. The predicted molar refractivity (Wildman–Crippen MR) is 102 cm³/mol. The van der Waals surface area contributed by atoms with Crippen LogP contribution in [-0.4, -0.2) is 42.9 Å². The van der Waals surface area contributed by atoms with E-state index in [0.717, 1.165) is 7.11 Å². The van der Waals surface area contributed by atoms with Crippen LogP contribution in [0.25, 0.3) is 0 Å². The van der Waals surface area contributed by atoms with E-state index in [1.165, 1.54) is 18.2 Å². The number of benzene rings is 1. The predicted octanol–water partition coefficient (Wildman–Crippen LogP) is 2.56. The molecule has 10 nitrogen and oxygen atoms in total. The molecular formula is C18H21N2O8P. The molecule has 0 aromatic heterocycles. The Bertz CT molecular complexity index is 945. The van der Waals surface area contributed by atoms with Gasteiger partial charge in [0, 0.05) is 17.3 Å². The highest BCUT2D eigenvalue weighted by molar-refractivity contribution is 7.58. The van der Waals surface area contributed by atoms with Gasteiger partial charge in [-0.3, -0.25) is 14.7 Å². The minimum atomic E-state index is -3.87. The number of nitrogens with zero attached hydrogens (tertiary/aromatic N) is 1. The molecule has 3 rings (SSSR count). The Morgan fingerprint density at radius 1 is 1.38 bits per heavy atom. The van der Waals surface area contributed by atoms with Crippen molar-refractivity contribution in [1.29, 1.82) is 0 Å². The number of carbonyl (C=O) groups is 1. The van der Waals surface area contributed by atoms with Gasteiger partial charge >= 0.3 is 13.6 Å². The van der Waals surface area contributed by atoms with Crippen LogP contribution >= 0.6 is 7.60 Å². The summed E-state index contributed by atoms with van der Waals surface area (Å²) in [6, 6.07) is 5.82. The number of hydrogen-bond donors (Lipinski definition) is 2. The first-order chi connectivity index (χ1) is 13.8. The SMILES string of the molecule is COC(=O)C1=C(CO)NC(C)=C(P2(=O)OCCCO2)C1c1ccccc1[N+](=O)[O-]. The van der Waals surface area contributed by atoms with Crippen LogP contribution in [0.2, 0.25) is 0 Å². The topological polar surface area (TPSA) is 137 Å². The lowest BCUT2D eigenvalue weighted by atomic mass is 9.85. The van der Waals surface area contributed by atoms with Crippen molar-refractivity contribution in [2.24, 2.45) is 0 Å². The minimum absolute atomic E-state index is 0.0853. The van der Waals surface area contributed by atoms with E-state index in [2.05, 4.69) is 5.32 Å². The van der Waals surface area contributed by atoms with Gasteiger partial charge in [0.15, 0.2) is 0 Å². The zero-order chi connectivity index (χ0) is 21.2. The fraction of sp³-hybridized carbons (Fsp3) is 0.389. The van der Waals surface area contributed by atoms with Crippen molar-refractivity contribution in [3.63, 3.8) is 0 Å². The Kier molecular flexibility index (Phi) is 6.18. The Morgan fingerprint density at radius 2 is 2.03 bits per heavy atom. The summed E-state index contributed by atoms with van der Waals surface area (Å²) in [6.07, 6.45) is 0.543. The molecule has 2 N–H and O–H groups in total. The number of ether oxygens (including phenoxy) is 1. The van der Waals surface area contributed by atoms with Gasteiger partial charge in [-0.2, -0.15) is 0 Å². The summed E-state index contributed by atoms with van der Waals surface area (Å²) in [6.45, 7) is 1.39.